The number of carbonyl (C=O) groups excluding carboxylic acids is 2. The Morgan fingerprint density at radius 3 is 2.43 bits per heavy atom. The van der Waals surface area contributed by atoms with Gasteiger partial charge in [-0.2, -0.15) is 0 Å². The molecular formula is C21H22N6O3. The number of hydrogen-bond acceptors (Lipinski definition) is 7. The van der Waals surface area contributed by atoms with Crippen LogP contribution in [-0.4, -0.2) is 40.3 Å². The minimum Gasteiger partial charge on any atom is -0.360 e. The van der Waals surface area contributed by atoms with E-state index in [1.807, 2.05) is 30.3 Å². The number of piperidine rings is 1. The van der Waals surface area contributed by atoms with E-state index in [0.29, 0.717) is 49.0 Å². The van der Waals surface area contributed by atoms with Gasteiger partial charge in [0.25, 0.3) is 5.91 Å². The van der Waals surface area contributed by atoms with E-state index >= 15 is 0 Å². The predicted octanol–water partition coefficient (Wildman–Crippen LogP) is 2.88. The average Bonchev–Trinajstić information content (AvgIpc) is 3.19. The van der Waals surface area contributed by atoms with Crippen molar-refractivity contribution in [2.75, 3.05) is 28.6 Å². The van der Waals surface area contributed by atoms with Crippen LogP contribution in [0.4, 0.5) is 17.3 Å². The number of hydrogen-bond donors (Lipinski definition) is 2. The first-order valence-corrected chi connectivity index (χ1v) is 9.78. The van der Waals surface area contributed by atoms with Crippen LogP contribution in [0.15, 0.2) is 53.1 Å². The van der Waals surface area contributed by atoms with Gasteiger partial charge in [0.2, 0.25) is 5.91 Å². The molecule has 1 aliphatic heterocycles. The standard InChI is InChI=1S/C21H22N6O3/c1-14-13-18(26-30-14)23-20(28)15-9-11-27(12-10-15)19-8-7-17(24-25-19)21(29)22-16-5-3-2-4-6-16/h2-8,13,15H,9-12H2,1H3,(H,22,29)(H,23,26,28). The number of aryl methyl sites for hydroxylation is 1. The summed E-state index contributed by atoms with van der Waals surface area (Å²) < 4.78 is 4.97. The van der Waals surface area contributed by atoms with Crippen LogP contribution in [0.3, 0.4) is 0 Å². The maximum Gasteiger partial charge on any atom is 0.276 e. The molecule has 30 heavy (non-hydrogen) atoms. The highest BCUT2D eigenvalue weighted by atomic mass is 16.5. The molecule has 4 rings (SSSR count). The van der Waals surface area contributed by atoms with Crippen LogP contribution in [0, 0.1) is 12.8 Å². The molecule has 3 heterocycles. The highest BCUT2D eigenvalue weighted by Crippen LogP contribution is 2.23. The molecule has 9 nitrogen and oxygen atoms in total. The summed E-state index contributed by atoms with van der Waals surface area (Å²) in [5, 5.41) is 17.6. The molecule has 0 spiro atoms. The second-order valence-corrected chi connectivity index (χ2v) is 7.17. The number of para-hydroxylation sites is 1. The molecule has 1 fully saturated rings. The molecular weight excluding hydrogens is 384 g/mol. The van der Waals surface area contributed by atoms with E-state index in [1.165, 1.54) is 0 Å². The summed E-state index contributed by atoms with van der Waals surface area (Å²) in [6.07, 6.45) is 1.39. The average molecular weight is 406 g/mol. The molecule has 0 saturated carbocycles. The van der Waals surface area contributed by atoms with E-state index < -0.39 is 0 Å². The van der Waals surface area contributed by atoms with E-state index in [4.69, 9.17) is 4.52 Å². The molecule has 2 aromatic heterocycles. The fraction of sp³-hybridized carbons (Fsp3) is 0.286. The Morgan fingerprint density at radius 1 is 1.03 bits per heavy atom. The van der Waals surface area contributed by atoms with Crippen molar-refractivity contribution >= 4 is 29.1 Å². The normalized spacial score (nSPS) is 14.4. The number of nitrogens with one attached hydrogen (secondary N) is 2. The predicted molar refractivity (Wildman–Crippen MR) is 111 cm³/mol. The van der Waals surface area contributed by atoms with Gasteiger partial charge in [0.15, 0.2) is 17.3 Å². The Kier molecular flexibility index (Phi) is 5.69. The van der Waals surface area contributed by atoms with Crippen molar-refractivity contribution < 1.29 is 14.1 Å². The van der Waals surface area contributed by atoms with Crippen molar-refractivity contribution in [3.63, 3.8) is 0 Å². The lowest BCUT2D eigenvalue weighted by molar-refractivity contribution is -0.120. The summed E-state index contributed by atoms with van der Waals surface area (Å²) in [5.41, 5.74) is 0.953. The third-order valence-electron chi connectivity index (χ3n) is 4.98. The lowest BCUT2D eigenvalue weighted by Gasteiger charge is -2.31. The Labute approximate surface area is 173 Å². The third kappa shape index (κ3) is 4.62. The van der Waals surface area contributed by atoms with Crippen LogP contribution in [0.5, 0.6) is 0 Å². The first-order chi connectivity index (χ1) is 14.6. The third-order valence-corrected chi connectivity index (χ3v) is 4.98. The second kappa shape index (κ2) is 8.73. The van der Waals surface area contributed by atoms with Gasteiger partial charge >= 0.3 is 0 Å². The van der Waals surface area contributed by atoms with Crippen LogP contribution in [0.25, 0.3) is 0 Å². The van der Waals surface area contributed by atoms with Gasteiger partial charge in [-0.3, -0.25) is 9.59 Å². The summed E-state index contributed by atoms with van der Waals surface area (Å²) in [6, 6.07) is 14.3. The first-order valence-electron chi connectivity index (χ1n) is 9.78. The quantitative estimate of drug-likeness (QED) is 0.670. The molecule has 3 aromatic rings. The number of rotatable bonds is 5. The maximum absolute atomic E-state index is 12.4. The Balaban J connectivity index is 1.30. The van der Waals surface area contributed by atoms with Crippen molar-refractivity contribution in [3.05, 3.63) is 60.0 Å². The van der Waals surface area contributed by atoms with Gasteiger partial charge in [-0.1, -0.05) is 23.4 Å². The van der Waals surface area contributed by atoms with Gasteiger partial charge in [0.1, 0.15) is 5.76 Å². The number of anilines is 3. The van der Waals surface area contributed by atoms with Gasteiger partial charge in [0.05, 0.1) is 0 Å². The van der Waals surface area contributed by atoms with Crippen LogP contribution >= 0.6 is 0 Å². The topological polar surface area (TPSA) is 113 Å². The zero-order chi connectivity index (χ0) is 20.9. The van der Waals surface area contributed by atoms with Gasteiger partial charge in [0, 0.05) is 30.8 Å². The van der Waals surface area contributed by atoms with Crippen LogP contribution < -0.4 is 15.5 Å². The lowest BCUT2D eigenvalue weighted by atomic mass is 9.96. The fourth-order valence-electron chi connectivity index (χ4n) is 3.36. The molecule has 2 N–H and O–H groups in total. The van der Waals surface area contributed by atoms with Crippen LogP contribution in [-0.2, 0) is 4.79 Å². The van der Waals surface area contributed by atoms with E-state index in [2.05, 4.69) is 30.9 Å². The van der Waals surface area contributed by atoms with Crippen molar-refractivity contribution in [1.29, 1.82) is 0 Å². The summed E-state index contributed by atoms with van der Waals surface area (Å²) in [4.78, 5) is 26.8. The molecule has 9 heteroatoms. The molecule has 0 atom stereocenters. The molecule has 0 aliphatic carbocycles. The van der Waals surface area contributed by atoms with E-state index in [0.717, 1.165) is 0 Å². The molecule has 2 amide bonds. The largest absolute Gasteiger partial charge is 0.360 e. The molecule has 154 valence electrons. The fourth-order valence-corrected chi connectivity index (χ4v) is 3.36. The molecule has 0 bridgehead atoms. The van der Waals surface area contributed by atoms with Crippen molar-refractivity contribution in [2.24, 2.45) is 5.92 Å². The van der Waals surface area contributed by atoms with Gasteiger partial charge in [-0.25, -0.2) is 0 Å². The zero-order valence-electron chi connectivity index (χ0n) is 16.5. The zero-order valence-corrected chi connectivity index (χ0v) is 16.5. The SMILES string of the molecule is Cc1cc(NC(=O)C2CCN(c3ccc(C(=O)Nc4ccccc4)nn3)CC2)no1. The molecule has 1 aliphatic rings. The second-order valence-electron chi connectivity index (χ2n) is 7.17. The van der Waals surface area contributed by atoms with E-state index in [1.54, 1.807) is 25.1 Å². The summed E-state index contributed by atoms with van der Waals surface area (Å²) in [5.74, 6) is 1.33. The number of benzene rings is 1. The number of aromatic nitrogens is 3. The molecule has 0 radical (unpaired) electrons. The first kappa shape index (κ1) is 19.6. The smallest absolute Gasteiger partial charge is 0.276 e. The Bertz CT molecular complexity index is 1010. The maximum atomic E-state index is 12.4. The Morgan fingerprint density at radius 2 is 1.80 bits per heavy atom. The summed E-state index contributed by atoms with van der Waals surface area (Å²) in [6.45, 7) is 3.14. The number of nitrogens with zero attached hydrogens (tertiary/aromatic N) is 4. The van der Waals surface area contributed by atoms with Crippen molar-refractivity contribution in [1.82, 2.24) is 15.4 Å². The highest BCUT2D eigenvalue weighted by molar-refractivity contribution is 6.02. The number of amides is 2. The van der Waals surface area contributed by atoms with Gasteiger partial charge in [-0.15, -0.1) is 10.2 Å². The molecule has 0 unspecified atom stereocenters. The minimum atomic E-state index is -0.307. The number of carbonyl (C=O) groups is 2. The Hall–Kier alpha value is -3.75. The van der Waals surface area contributed by atoms with Crippen molar-refractivity contribution in [3.8, 4) is 0 Å². The van der Waals surface area contributed by atoms with E-state index in [-0.39, 0.29) is 23.4 Å². The minimum absolute atomic E-state index is 0.0537. The molecule has 1 aromatic carbocycles. The summed E-state index contributed by atoms with van der Waals surface area (Å²) in [7, 11) is 0. The highest BCUT2D eigenvalue weighted by Gasteiger charge is 2.26. The summed E-state index contributed by atoms with van der Waals surface area (Å²) >= 11 is 0. The molecule has 1 saturated heterocycles. The van der Waals surface area contributed by atoms with Crippen LogP contribution in [0.2, 0.25) is 0 Å². The van der Waals surface area contributed by atoms with E-state index in [9.17, 15) is 9.59 Å². The monoisotopic (exact) mass is 406 g/mol. The lowest BCUT2D eigenvalue weighted by Crippen LogP contribution is -2.38. The van der Waals surface area contributed by atoms with Crippen molar-refractivity contribution in [2.45, 2.75) is 19.8 Å². The van der Waals surface area contributed by atoms with Gasteiger partial charge < -0.3 is 20.1 Å². The van der Waals surface area contributed by atoms with Crippen LogP contribution in [0.1, 0.15) is 29.1 Å². The van der Waals surface area contributed by atoms with Gasteiger partial charge in [-0.05, 0) is 44.0 Å².